The first-order valence-electron chi connectivity index (χ1n) is 8.34. The monoisotopic (exact) mass is 344 g/mol. The molecule has 0 radical (unpaired) electrons. The number of benzene rings is 1. The van der Waals surface area contributed by atoms with Gasteiger partial charge in [-0.05, 0) is 31.2 Å². The lowest BCUT2D eigenvalue weighted by Gasteiger charge is -2.36. The summed E-state index contributed by atoms with van der Waals surface area (Å²) in [5.74, 6) is -0.0504. The normalized spacial score (nSPS) is 26.4. The molecule has 1 fully saturated rings. The molecule has 1 aliphatic rings. The van der Waals surface area contributed by atoms with E-state index in [9.17, 15) is 20.1 Å². The van der Waals surface area contributed by atoms with E-state index in [1.165, 1.54) is 0 Å². The fourth-order valence-electron chi connectivity index (χ4n) is 3.55. The summed E-state index contributed by atoms with van der Waals surface area (Å²) in [5, 5.41) is 30.0. The van der Waals surface area contributed by atoms with Gasteiger partial charge in [-0.3, -0.25) is 9.78 Å². The van der Waals surface area contributed by atoms with E-state index >= 15 is 0 Å². The molecule has 1 aromatic carbocycles. The molecule has 0 saturated carbocycles. The number of aliphatic hydroxyl groups excluding tert-OH is 2. The van der Waals surface area contributed by atoms with Gasteiger partial charge < -0.3 is 20.2 Å². The number of likely N-dealkylation sites (tertiary alicyclic amines) is 1. The van der Waals surface area contributed by atoms with Crippen LogP contribution in [-0.4, -0.2) is 57.4 Å². The molecule has 0 bridgehead atoms. The molecule has 2 atom stereocenters. The molecule has 1 aromatic heterocycles. The van der Waals surface area contributed by atoms with Crippen molar-refractivity contribution in [1.82, 2.24) is 9.88 Å². The second-order valence-electron chi connectivity index (χ2n) is 7.60. The third-order valence-electron chi connectivity index (χ3n) is 5.74. The van der Waals surface area contributed by atoms with Crippen LogP contribution in [0.4, 0.5) is 0 Å². The van der Waals surface area contributed by atoms with Gasteiger partial charge in [0.05, 0.1) is 30.0 Å². The minimum absolute atomic E-state index is 0.101. The van der Waals surface area contributed by atoms with Crippen molar-refractivity contribution in [2.24, 2.45) is 10.8 Å². The predicted molar refractivity (Wildman–Crippen MR) is 94.4 cm³/mol. The number of hydrogen-bond acceptors (Lipinski definition) is 5. The Balaban J connectivity index is 1.99. The Bertz CT molecular complexity index is 820. The zero-order chi connectivity index (χ0) is 18.4. The minimum atomic E-state index is -0.562. The highest BCUT2D eigenvalue weighted by Crippen LogP contribution is 2.45. The van der Waals surface area contributed by atoms with Crippen molar-refractivity contribution in [1.29, 1.82) is 0 Å². The van der Waals surface area contributed by atoms with E-state index in [-0.39, 0.29) is 24.9 Å². The number of nitrogens with zero attached hydrogens (tertiary/aromatic N) is 2. The van der Waals surface area contributed by atoms with E-state index in [2.05, 4.69) is 4.98 Å². The lowest BCUT2D eigenvalue weighted by molar-refractivity contribution is 0.00976. The van der Waals surface area contributed by atoms with Gasteiger partial charge in [-0.2, -0.15) is 0 Å². The third kappa shape index (κ3) is 2.75. The number of phenolic OH excluding ortho intramolecular Hbond substituents is 1. The number of amides is 1. The number of rotatable bonds is 3. The van der Waals surface area contributed by atoms with Gasteiger partial charge in [-0.1, -0.05) is 13.8 Å². The van der Waals surface area contributed by atoms with Gasteiger partial charge in [-0.25, -0.2) is 0 Å². The average Bonchev–Trinajstić information content (AvgIpc) is 2.86. The maximum Gasteiger partial charge on any atom is 0.255 e. The molecule has 3 N–H and O–H groups in total. The maximum atomic E-state index is 13.1. The number of aromatic hydroxyl groups is 1. The molecule has 0 aliphatic carbocycles. The maximum absolute atomic E-state index is 13.1. The van der Waals surface area contributed by atoms with Crippen LogP contribution in [0.5, 0.6) is 5.75 Å². The van der Waals surface area contributed by atoms with Gasteiger partial charge in [0.1, 0.15) is 5.75 Å². The van der Waals surface area contributed by atoms with Crippen LogP contribution in [0.1, 0.15) is 29.9 Å². The summed E-state index contributed by atoms with van der Waals surface area (Å²) >= 11 is 0. The molecule has 1 aliphatic heterocycles. The lowest BCUT2D eigenvalue weighted by atomic mass is 9.69. The number of aliphatic hydroxyl groups is 2. The molecule has 6 heteroatoms. The zero-order valence-corrected chi connectivity index (χ0v) is 14.8. The Morgan fingerprint density at radius 3 is 2.32 bits per heavy atom. The average molecular weight is 344 g/mol. The number of fused-ring (bicyclic) bond motifs is 1. The molecule has 3 rings (SSSR count). The first-order chi connectivity index (χ1) is 11.7. The Morgan fingerprint density at radius 2 is 1.76 bits per heavy atom. The summed E-state index contributed by atoms with van der Waals surface area (Å²) in [4.78, 5) is 19.2. The minimum Gasteiger partial charge on any atom is -0.508 e. The van der Waals surface area contributed by atoms with Gasteiger partial charge in [0, 0.05) is 29.3 Å². The highest BCUT2D eigenvalue weighted by atomic mass is 16.3. The Labute approximate surface area is 146 Å². The quantitative estimate of drug-likeness (QED) is 0.788. The van der Waals surface area contributed by atoms with Crippen molar-refractivity contribution >= 4 is 16.8 Å². The van der Waals surface area contributed by atoms with Crippen molar-refractivity contribution < 1.29 is 20.1 Å². The number of pyridine rings is 1. The summed E-state index contributed by atoms with van der Waals surface area (Å²) in [6, 6.07) is 6.60. The summed E-state index contributed by atoms with van der Waals surface area (Å²) < 4.78 is 0. The molecule has 1 amide bonds. The second-order valence-corrected chi connectivity index (χ2v) is 7.60. The number of aromatic nitrogens is 1. The molecule has 134 valence electrons. The molecule has 2 aromatic rings. The first kappa shape index (κ1) is 17.6. The van der Waals surface area contributed by atoms with Crippen molar-refractivity contribution in [3.05, 3.63) is 35.5 Å². The molecule has 0 unspecified atom stereocenters. The van der Waals surface area contributed by atoms with Crippen molar-refractivity contribution in [2.75, 3.05) is 26.3 Å². The van der Waals surface area contributed by atoms with Crippen molar-refractivity contribution in [3.63, 3.8) is 0 Å². The van der Waals surface area contributed by atoms with Crippen LogP contribution in [0.2, 0.25) is 0 Å². The van der Waals surface area contributed by atoms with E-state index < -0.39 is 10.8 Å². The SMILES string of the molecule is Cc1nc2ccc(O)cc2cc1C(=O)N1C[C@](C)(CO)[C@](C)(CO)C1. The van der Waals surface area contributed by atoms with Crippen LogP contribution in [-0.2, 0) is 0 Å². The summed E-state index contributed by atoms with van der Waals surface area (Å²) in [6.07, 6.45) is 0. The molecule has 2 heterocycles. The van der Waals surface area contributed by atoms with E-state index in [1.54, 1.807) is 36.1 Å². The first-order valence-corrected chi connectivity index (χ1v) is 8.34. The number of carbonyl (C=O) groups excluding carboxylic acids is 1. The standard InChI is InChI=1S/C19H24N2O4/c1-12-15(7-13-6-14(24)4-5-16(13)20-12)17(25)21-8-18(2,10-22)19(3,9-21)11-23/h4-7,22-24H,8-11H2,1-3H3/t18-,19+. The topological polar surface area (TPSA) is 93.9 Å². The fraction of sp³-hybridized carbons (Fsp3) is 0.474. The smallest absolute Gasteiger partial charge is 0.255 e. The van der Waals surface area contributed by atoms with Gasteiger partial charge in [0.25, 0.3) is 5.91 Å². The van der Waals surface area contributed by atoms with Crippen LogP contribution in [0.15, 0.2) is 24.3 Å². The Hall–Kier alpha value is -2.18. The summed E-state index contributed by atoms with van der Waals surface area (Å²) in [7, 11) is 0. The van der Waals surface area contributed by atoms with Crippen LogP contribution in [0.25, 0.3) is 10.9 Å². The van der Waals surface area contributed by atoms with Crippen LogP contribution < -0.4 is 0 Å². The van der Waals surface area contributed by atoms with Gasteiger partial charge in [-0.15, -0.1) is 0 Å². The van der Waals surface area contributed by atoms with Gasteiger partial charge >= 0.3 is 0 Å². The van der Waals surface area contributed by atoms with Crippen LogP contribution in [0.3, 0.4) is 0 Å². The highest BCUT2D eigenvalue weighted by Gasteiger charge is 2.52. The van der Waals surface area contributed by atoms with Crippen LogP contribution in [0, 0.1) is 17.8 Å². The number of aryl methyl sites for hydroxylation is 1. The third-order valence-corrected chi connectivity index (χ3v) is 5.74. The Morgan fingerprint density at radius 1 is 1.16 bits per heavy atom. The number of carbonyl (C=O) groups is 1. The van der Waals surface area contributed by atoms with Crippen molar-refractivity contribution in [2.45, 2.75) is 20.8 Å². The second kappa shape index (κ2) is 5.97. The van der Waals surface area contributed by atoms with Crippen LogP contribution >= 0.6 is 0 Å². The molecule has 0 spiro atoms. The lowest BCUT2D eigenvalue weighted by Crippen LogP contribution is -2.41. The van der Waals surface area contributed by atoms with E-state index in [0.29, 0.717) is 35.2 Å². The fourth-order valence-corrected chi connectivity index (χ4v) is 3.55. The number of hydrogen-bond donors (Lipinski definition) is 3. The van der Waals surface area contributed by atoms with Crippen molar-refractivity contribution in [3.8, 4) is 5.75 Å². The molecular formula is C19H24N2O4. The molecular weight excluding hydrogens is 320 g/mol. The van der Waals surface area contributed by atoms with Gasteiger partial charge in [0.2, 0.25) is 0 Å². The summed E-state index contributed by atoms with van der Waals surface area (Å²) in [6.45, 7) is 6.10. The van der Waals surface area contributed by atoms with E-state index in [0.717, 1.165) is 0 Å². The highest BCUT2D eigenvalue weighted by molar-refractivity contribution is 5.99. The Kier molecular flexibility index (Phi) is 4.21. The van der Waals surface area contributed by atoms with E-state index in [1.807, 2.05) is 13.8 Å². The zero-order valence-electron chi connectivity index (χ0n) is 14.8. The van der Waals surface area contributed by atoms with Gasteiger partial charge in [0.15, 0.2) is 0 Å². The number of phenols is 1. The largest absolute Gasteiger partial charge is 0.508 e. The molecule has 6 nitrogen and oxygen atoms in total. The van der Waals surface area contributed by atoms with E-state index in [4.69, 9.17) is 0 Å². The molecule has 1 saturated heterocycles. The molecule has 25 heavy (non-hydrogen) atoms. The predicted octanol–water partition coefficient (Wildman–Crippen LogP) is 1.70. The summed E-state index contributed by atoms with van der Waals surface area (Å²) in [5.41, 5.74) is 0.683.